The van der Waals surface area contributed by atoms with E-state index in [1.807, 2.05) is 146 Å². The van der Waals surface area contributed by atoms with Crippen molar-refractivity contribution in [3.8, 4) is 56.8 Å². The number of esters is 2. The summed E-state index contributed by atoms with van der Waals surface area (Å²) in [4.78, 5) is 29.3. The molecular formula is C51H36O6. The molecule has 57 heavy (non-hydrogen) atoms. The Morgan fingerprint density at radius 1 is 0.281 bits per heavy atom. The van der Waals surface area contributed by atoms with Gasteiger partial charge in [-0.15, -0.1) is 0 Å². The molecule has 0 saturated heterocycles. The number of carbonyl (C=O) groups excluding carboxylic acids is 2. The first-order valence-corrected chi connectivity index (χ1v) is 18.5. The highest BCUT2D eigenvalue weighted by atomic mass is 16.6. The molecule has 0 aliphatic heterocycles. The van der Waals surface area contributed by atoms with Gasteiger partial charge in [-0.25, -0.2) is 9.59 Å². The van der Waals surface area contributed by atoms with E-state index in [9.17, 15) is 9.59 Å². The lowest BCUT2D eigenvalue weighted by molar-refractivity contribution is -0.152. The Balaban J connectivity index is 1.03. The van der Waals surface area contributed by atoms with Crippen LogP contribution in [0.1, 0.15) is 11.1 Å². The fourth-order valence-corrected chi connectivity index (χ4v) is 6.58. The van der Waals surface area contributed by atoms with Crippen LogP contribution in [-0.2, 0) is 15.0 Å². The fraction of sp³-hybridized carbons (Fsp3) is 0.0196. The molecule has 0 fully saturated rings. The molecule has 6 nitrogen and oxygen atoms in total. The van der Waals surface area contributed by atoms with Gasteiger partial charge < -0.3 is 18.9 Å². The number of ether oxygens (including phenoxy) is 4. The van der Waals surface area contributed by atoms with E-state index in [4.69, 9.17) is 18.9 Å². The summed E-state index contributed by atoms with van der Waals surface area (Å²) in [6.07, 6.45) is 0. The average Bonchev–Trinajstić information content (AvgIpc) is 3.27. The van der Waals surface area contributed by atoms with Crippen molar-refractivity contribution in [2.75, 3.05) is 0 Å². The highest BCUT2D eigenvalue weighted by Crippen LogP contribution is 2.38. The molecule has 0 unspecified atom stereocenters. The molecule has 0 amide bonds. The Bertz CT molecular complexity index is 2350. The average molecular weight is 745 g/mol. The first kappa shape index (κ1) is 36.3. The number of carbonyl (C=O) groups is 2. The summed E-state index contributed by atoms with van der Waals surface area (Å²) < 4.78 is 24.0. The van der Waals surface area contributed by atoms with Crippen molar-refractivity contribution in [2.45, 2.75) is 5.41 Å². The number of rotatable bonds is 12. The summed E-state index contributed by atoms with van der Waals surface area (Å²) in [5.74, 6) is 1.92. The van der Waals surface area contributed by atoms with Gasteiger partial charge in [0.2, 0.25) is 5.41 Å². The molecule has 8 rings (SSSR count). The van der Waals surface area contributed by atoms with E-state index >= 15 is 0 Å². The van der Waals surface area contributed by atoms with Crippen molar-refractivity contribution in [3.63, 3.8) is 0 Å². The lowest BCUT2D eigenvalue weighted by Crippen LogP contribution is -2.49. The van der Waals surface area contributed by atoms with Crippen molar-refractivity contribution in [1.29, 1.82) is 0 Å². The normalized spacial score (nSPS) is 10.9. The van der Waals surface area contributed by atoms with Gasteiger partial charge >= 0.3 is 11.9 Å². The molecule has 0 atom stereocenters. The van der Waals surface area contributed by atoms with E-state index < -0.39 is 17.4 Å². The Hall–Kier alpha value is -7.70. The minimum Gasteiger partial charge on any atom is -0.457 e. The lowest BCUT2D eigenvalue weighted by atomic mass is 9.74. The van der Waals surface area contributed by atoms with E-state index in [-0.39, 0.29) is 11.5 Å². The molecule has 6 heteroatoms. The predicted octanol–water partition coefficient (Wildman–Crippen LogP) is 12.1. The Labute approximate surface area is 331 Å². The minimum absolute atomic E-state index is 0.279. The molecule has 8 aromatic rings. The second-order valence-electron chi connectivity index (χ2n) is 13.2. The van der Waals surface area contributed by atoms with Crippen LogP contribution in [0.3, 0.4) is 0 Å². The molecule has 0 N–H and O–H groups in total. The molecule has 0 aromatic heterocycles. The van der Waals surface area contributed by atoms with Crippen LogP contribution in [0.15, 0.2) is 218 Å². The second kappa shape index (κ2) is 16.8. The third-order valence-electron chi connectivity index (χ3n) is 9.49. The number of para-hydroxylation sites is 2. The Kier molecular flexibility index (Phi) is 10.7. The zero-order valence-electron chi connectivity index (χ0n) is 30.7. The second-order valence-corrected chi connectivity index (χ2v) is 13.2. The summed E-state index contributed by atoms with van der Waals surface area (Å²) in [5, 5.41) is 0. The van der Waals surface area contributed by atoms with Gasteiger partial charge in [0.15, 0.2) is 0 Å². The molecule has 0 spiro atoms. The third kappa shape index (κ3) is 8.21. The summed E-state index contributed by atoms with van der Waals surface area (Å²) in [6, 6.07) is 66.7. The molecule has 0 heterocycles. The number of benzene rings is 8. The van der Waals surface area contributed by atoms with E-state index in [2.05, 4.69) is 0 Å². The van der Waals surface area contributed by atoms with Gasteiger partial charge in [0, 0.05) is 0 Å². The molecule has 0 aliphatic carbocycles. The van der Waals surface area contributed by atoms with Gasteiger partial charge in [-0.2, -0.15) is 0 Å². The van der Waals surface area contributed by atoms with Crippen molar-refractivity contribution >= 4 is 11.9 Å². The highest BCUT2D eigenvalue weighted by molar-refractivity contribution is 6.11. The smallest absolute Gasteiger partial charge is 0.338 e. The van der Waals surface area contributed by atoms with Gasteiger partial charge in [0.05, 0.1) is 0 Å². The van der Waals surface area contributed by atoms with Gasteiger partial charge in [0.1, 0.15) is 34.5 Å². The van der Waals surface area contributed by atoms with Gasteiger partial charge in [0.25, 0.3) is 0 Å². The van der Waals surface area contributed by atoms with Gasteiger partial charge in [-0.1, -0.05) is 146 Å². The van der Waals surface area contributed by atoms with Crippen LogP contribution in [-0.4, -0.2) is 11.9 Å². The molecule has 0 radical (unpaired) electrons. The highest BCUT2D eigenvalue weighted by Gasteiger charge is 2.53. The standard InChI is InChI=1S/C51H36O6/c52-49(56-47-33-25-39(26-34-47)37-21-29-45(30-22-37)54-43-17-9-3-10-18-43)51(41-13-5-1-6-14-41,42-15-7-2-8-16-42)50(53)57-48-35-27-40(28-36-48)38-23-31-46(32-24-38)55-44-19-11-4-12-20-44/h1-36H. The SMILES string of the molecule is O=C(Oc1ccc(-c2ccc(Oc3ccccc3)cc2)cc1)C(C(=O)Oc1ccc(-c2ccc(Oc3ccccc3)cc2)cc1)(c1ccccc1)c1ccccc1. The largest absolute Gasteiger partial charge is 0.457 e. The van der Waals surface area contributed by atoms with Crippen LogP contribution in [0.2, 0.25) is 0 Å². The molecule has 0 saturated carbocycles. The summed E-state index contributed by atoms with van der Waals surface area (Å²) in [7, 11) is 0. The van der Waals surface area contributed by atoms with E-state index in [0.29, 0.717) is 11.1 Å². The summed E-state index contributed by atoms with van der Waals surface area (Å²) in [6.45, 7) is 0. The van der Waals surface area contributed by atoms with E-state index in [1.165, 1.54) is 0 Å². The first-order valence-electron chi connectivity index (χ1n) is 18.5. The van der Waals surface area contributed by atoms with E-state index in [0.717, 1.165) is 45.3 Å². The summed E-state index contributed by atoms with van der Waals surface area (Å²) in [5.41, 5.74) is 2.61. The zero-order chi connectivity index (χ0) is 38.9. The molecule has 0 aliphatic rings. The van der Waals surface area contributed by atoms with Crippen LogP contribution >= 0.6 is 0 Å². The third-order valence-corrected chi connectivity index (χ3v) is 9.49. The van der Waals surface area contributed by atoms with Crippen LogP contribution in [0.4, 0.5) is 0 Å². The van der Waals surface area contributed by atoms with Crippen LogP contribution < -0.4 is 18.9 Å². The first-order chi connectivity index (χ1) is 28.0. The maximum absolute atomic E-state index is 14.6. The molecule has 8 aromatic carbocycles. The zero-order valence-corrected chi connectivity index (χ0v) is 30.7. The maximum atomic E-state index is 14.6. The van der Waals surface area contributed by atoms with Crippen molar-refractivity contribution < 1.29 is 28.5 Å². The van der Waals surface area contributed by atoms with Gasteiger partial charge in [-0.3, -0.25) is 0 Å². The minimum atomic E-state index is -1.96. The Morgan fingerprint density at radius 2 is 0.526 bits per heavy atom. The van der Waals surface area contributed by atoms with Crippen molar-refractivity contribution in [3.05, 3.63) is 230 Å². The topological polar surface area (TPSA) is 71.1 Å². The van der Waals surface area contributed by atoms with Crippen molar-refractivity contribution in [2.24, 2.45) is 0 Å². The maximum Gasteiger partial charge on any atom is 0.338 e. The molecular weight excluding hydrogens is 709 g/mol. The molecule has 276 valence electrons. The molecule has 0 bridgehead atoms. The Morgan fingerprint density at radius 3 is 0.825 bits per heavy atom. The predicted molar refractivity (Wildman–Crippen MR) is 222 cm³/mol. The van der Waals surface area contributed by atoms with Crippen molar-refractivity contribution in [1.82, 2.24) is 0 Å². The monoisotopic (exact) mass is 744 g/mol. The van der Waals surface area contributed by atoms with Crippen LogP contribution in [0.25, 0.3) is 22.3 Å². The quantitative estimate of drug-likeness (QED) is 0.0705. The van der Waals surface area contributed by atoms with Crippen LogP contribution in [0.5, 0.6) is 34.5 Å². The number of hydrogen-bond acceptors (Lipinski definition) is 6. The lowest BCUT2D eigenvalue weighted by Gasteiger charge is -2.30. The summed E-state index contributed by atoms with van der Waals surface area (Å²) >= 11 is 0. The van der Waals surface area contributed by atoms with Crippen LogP contribution in [0, 0.1) is 0 Å². The van der Waals surface area contributed by atoms with Gasteiger partial charge in [-0.05, 0) is 106 Å². The fourth-order valence-electron chi connectivity index (χ4n) is 6.58. The number of hydrogen-bond donors (Lipinski definition) is 0. The van der Waals surface area contributed by atoms with E-state index in [1.54, 1.807) is 72.8 Å².